The molecule has 0 heterocycles. The van der Waals surface area contributed by atoms with E-state index in [-0.39, 0.29) is 30.9 Å². The van der Waals surface area contributed by atoms with Crippen molar-refractivity contribution in [2.45, 2.75) is 38.6 Å². The van der Waals surface area contributed by atoms with E-state index in [2.05, 4.69) is 10.6 Å². The monoisotopic (exact) mass is 362 g/mol. The van der Waals surface area contributed by atoms with Crippen molar-refractivity contribution in [1.82, 2.24) is 5.32 Å². The molecule has 1 aromatic rings. The van der Waals surface area contributed by atoms with E-state index in [1.165, 1.54) is 26.7 Å². The second kappa shape index (κ2) is 9.91. The summed E-state index contributed by atoms with van der Waals surface area (Å²) in [5, 5.41) is 5.60. The lowest BCUT2D eigenvalue weighted by molar-refractivity contribution is -0.126. The number of carbonyl (C=O) groups excluding carboxylic acids is 3. The van der Waals surface area contributed by atoms with Crippen LogP contribution in [0.3, 0.4) is 0 Å². The highest BCUT2D eigenvalue weighted by Crippen LogP contribution is 2.24. The number of anilines is 1. The SMILES string of the molecule is COCC(=O)Nc1cc(CNC(=O)C2CCCCC2)cc(C(=O)OC)c1. The van der Waals surface area contributed by atoms with Gasteiger partial charge in [0.1, 0.15) is 6.61 Å². The van der Waals surface area contributed by atoms with Crippen molar-refractivity contribution < 1.29 is 23.9 Å². The summed E-state index contributed by atoms with van der Waals surface area (Å²) in [4.78, 5) is 35.9. The molecule has 1 fully saturated rings. The number of rotatable bonds is 7. The third-order valence-electron chi connectivity index (χ3n) is 4.42. The number of carbonyl (C=O) groups is 3. The first-order valence-corrected chi connectivity index (χ1v) is 8.82. The average Bonchev–Trinajstić information content (AvgIpc) is 2.66. The molecule has 7 nitrogen and oxygen atoms in total. The van der Waals surface area contributed by atoms with Crippen LogP contribution in [-0.4, -0.2) is 38.6 Å². The summed E-state index contributed by atoms with van der Waals surface area (Å²) in [5.74, 6) is -0.731. The summed E-state index contributed by atoms with van der Waals surface area (Å²) in [5.41, 5.74) is 1.48. The van der Waals surface area contributed by atoms with Crippen molar-refractivity contribution in [1.29, 1.82) is 0 Å². The van der Waals surface area contributed by atoms with Crippen LogP contribution in [0, 0.1) is 5.92 Å². The van der Waals surface area contributed by atoms with Crippen molar-refractivity contribution in [2.75, 3.05) is 26.1 Å². The molecule has 0 aromatic heterocycles. The van der Waals surface area contributed by atoms with Crippen molar-refractivity contribution in [2.24, 2.45) is 5.92 Å². The second-order valence-corrected chi connectivity index (χ2v) is 6.44. The Hall–Kier alpha value is -2.41. The van der Waals surface area contributed by atoms with E-state index in [1.54, 1.807) is 12.1 Å². The van der Waals surface area contributed by atoms with Gasteiger partial charge >= 0.3 is 5.97 Å². The van der Waals surface area contributed by atoms with Crippen LogP contribution in [0.25, 0.3) is 0 Å². The lowest BCUT2D eigenvalue weighted by Crippen LogP contribution is -2.31. The van der Waals surface area contributed by atoms with Crippen LogP contribution in [0.5, 0.6) is 0 Å². The molecule has 0 radical (unpaired) electrons. The molecular formula is C19H26N2O5. The summed E-state index contributed by atoms with van der Waals surface area (Å²) in [7, 11) is 2.72. The molecule has 142 valence electrons. The van der Waals surface area contributed by atoms with Gasteiger partial charge < -0.3 is 20.1 Å². The lowest BCUT2D eigenvalue weighted by Gasteiger charge is -2.21. The Bertz CT molecular complexity index is 653. The third-order valence-corrected chi connectivity index (χ3v) is 4.42. The number of methoxy groups -OCH3 is 2. The first-order chi connectivity index (χ1) is 12.5. The first kappa shape index (κ1) is 19.9. The number of benzene rings is 1. The molecule has 1 aliphatic carbocycles. The minimum atomic E-state index is -0.507. The molecule has 1 saturated carbocycles. The van der Waals surface area contributed by atoms with E-state index < -0.39 is 5.97 Å². The van der Waals surface area contributed by atoms with E-state index in [4.69, 9.17) is 9.47 Å². The van der Waals surface area contributed by atoms with Crippen molar-refractivity contribution in [3.05, 3.63) is 29.3 Å². The fraction of sp³-hybridized carbons (Fsp3) is 0.526. The van der Waals surface area contributed by atoms with Crippen LogP contribution in [0.15, 0.2) is 18.2 Å². The van der Waals surface area contributed by atoms with Crippen molar-refractivity contribution in [3.8, 4) is 0 Å². The highest BCUT2D eigenvalue weighted by atomic mass is 16.5. The summed E-state index contributed by atoms with van der Waals surface area (Å²) >= 11 is 0. The van der Waals surface area contributed by atoms with E-state index in [1.807, 2.05) is 0 Å². The van der Waals surface area contributed by atoms with Crippen LogP contribution >= 0.6 is 0 Å². The van der Waals surface area contributed by atoms with Gasteiger partial charge in [0.2, 0.25) is 11.8 Å². The van der Waals surface area contributed by atoms with Crippen molar-refractivity contribution >= 4 is 23.5 Å². The summed E-state index contributed by atoms with van der Waals surface area (Å²) in [6.45, 7) is 0.198. The van der Waals surface area contributed by atoms with Crippen LogP contribution in [0.4, 0.5) is 5.69 Å². The third kappa shape index (κ3) is 5.84. The van der Waals surface area contributed by atoms with Crippen LogP contribution in [0.2, 0.25) is 0 Å². The Balaban J connectivity index is 2.08. The molecule has 2 N–H and O–H groups in total. The minimum absolute atomic E-state index is 0.0399. The standard InChI is InChI=1S/C19H26N2O5/c1-25-12-17(22)21-16-9-13(8-15(10-16)19(24)26-2)11-20-18(23)14-6-4-3-5-7-14/h8-10,14H,3-7,11-12H2,1-2H3,(H,20,23)(H,21,22). The molecule has 26 heavy (non-hydrogen) atoms. The normalized spacial score (nSPS) is 14.5. The zero-order chi connectivity index (χ0) is 18.9. The number of hydrogen-bond acceptors (Lipinski definition) is 5. The maximum atomic E-state index is 12.3. The number of esters is 1. The molecule has 0 saturated heterocycles. The molecular weight excluding hydrogens is 336 g/mol. The molecule has 0 spiro atoms. The Morgan fingerprint density at radius 2 is 1.81 bits per heavy atom. The highest BCUT2D eigenvalue weighted by Gasteiger charge is 2.21. The molecule has 2 amide bonds. The zero-order valence-electron chi connectivity index (χ0n) is 15.3. The smallest absolute Gasteiger partial charge is 0.337 e. The van der Waals surface area contributed by atoms with Gasteiger partial charge in [-0.3, -0.25) is 9.59 Å². The van der Waals surface area contributed by atoms with Crippen LogP contribution < -0.4 is 10.6 Å². The Morgan fingerprint density at radius 3 is 2.46 bits per heavy atom. The molecule has 0 unspecified atom stereocenters. The number of amides is 2. The molecule has 1 aromatic carbocycles. The predicted molar refractivity (Wildman–Crippen MR) is 96.7 cm³/mol. The van der Waals surface area contributed by atoms with Crippen LogP contribution in [-0.2, 0) is 25.6 Å². The highest BCUT2D eigenvalue weighted by molar-refractivity contribution is 5.95. The number of nitrogens with one attached hydrogen (secondary N) is 2. The van der Waals surface area contributed by atoms with Gasteiger partial charge in [-0.15, -0.1) is 0 Å². The van der Waals surface area contributed by atoms with Crippen LogP contribution in [0.1, 0.15) is 48.0 Å². The van der Waals surface area contributed by atoms with Crippen molar-refractivity contribution in [3.63, 3.8) is 0 Å². The number of ether oxygens (including phenoxy) is 2. The van der Waals surface area contributed by atoms with E-state index >= 15 is 0 Å². The molecule has 7 heteroatoms. The van der Waals surface area contributed by atoms with E-state index in [9.17, 15) is 14.4 Å². The summed E-state index contributed by atoms with van der Waals surface area (Å²) < 4.78 is 9.55. The largest absolute Gasteiger partial charge is 0.465 e. The fourth-order valence-corrected chi connectivity index (χ4v) is 3.13. The Labute approximate surface area is 153 Å². The average molecular weight is 362 g/mol. The van der Waals surface area contributed by atoms with Gasteiger partial charge in [0.25, 0.3) is 0 Å². The van der Waals surface area contributed by atoms with Gasteiger partial charge in [0.15, 0.2) is 0 Å². The van der Waals surface area contributed by atoms with E-state index in [0.29, 0.717) is 16.8 Å². The Kier molecular flexibility index (Phi) is 7.59. The van der Waals surface area contributed by atoms with Gasteiger partial charge in [-0.25, -0.2) is 4.79 Å². The lowest BCUT2D eigenvalue weighted by atomic mass is 9.88. The topological polar surface area (TPSA) is 93.7 Å². The second-order valence-electron chi connectivity index (χ2n) is 6.44. The van der Waals surface area contributed by atoms with Gasteiger partial charge in [-0.05, 0) is 36.6 Å². The zero-order valence-corrected chi connectivity index (χ0v) is 15.3. The van der Waals surface area contributed by atoms with Gasteiger partial charge in [-0.2, -0.15) is 0 Å². The minimum Gasteiger partial charge on any atom is -0.465 e. The molecule has 1 aliphatic rings. The predicted octanol–water partition coefficient (Wildman–Crippen LogP) is 2.25. The summed E-state index contributed by atoms with van der Waals surface area (Å²) in [6, 6.07) is 4.91. The molecule has 0 aliphatic heterocycles. The molecule has 0 atom stereocenters. The number of hydrogen-bond donors (Lipinski definition) is 2. The fourth-order valence-electron chi connectivity index (χ4n) is 3.13. The van der Waals surface area contributed by atoms with Gasteiger partial charge in [0.05, 0.1) is 12.7 Å². The first-order valence-electron chi connectivity index (χ1n) is 8.82. The quantitative estimate of drug-likeness (QED) is 0.726. The molecule has 2 rings (SSSR count). The maximum Gasteiger partial charge on any atom is 0.337 e. The van der Waals surface area contributed by atoms with Gasteiger partial charge in [-0.1, -0.05) is 19.3 Å². The molecule has 0 bridgehead atoms. The summed E-state index contributed by atoms with van der Waals surface area (Å²) in [6.07, 6.45) is 5.21. The van der Waals surface area contributed by atoms with E-state index in [0.717, 1.165) is 25.7 Å². The van der Waals surface area contributed by atoms with Gasteiger partial charge in [0, 0.05) is 25.3 Å². The maximum absolute atomic E-state index is 12.3. The Morgan fingerprint density at radius 1 is 1.08 bits per heavy atom.